The molecule has 6 nitrogen and oxygen atoms in total. The van der Waals surface area contributed by atoms with Crippen LogP contribution in [-0.4, -0.2) is 55.9 Å². The van der Waals surface area contributed by atoms with Gasteiger partial charge in [0.15, 0.2) is 6.79 Å². The first kappa shape index (κ1) is 21.7. The molecule has 1 saturated carbocycles. The number of ether oxygens (including phenoxy) is 2. The van der Waals surface area contributed by atoms with Crippen molar-refractivity contribution in [2.24, 2.45) is 0 Å². The predicted octanol–water partition coefficient (Wildman–Crippen LogP) is 3.96. The minimum absolute atomic E-state index is 0.0391. The van der Waals surface area contributed by atoms with Crippen LogP contribution in [0.2, 0.25) is 0 Å². The number of rotatable bonds is 7. The lowest BCUT2D eigenvalue weighted by molar-refractivity contribution is 0.0504. The van der Waals surface area contributed by atoms with Crippen LogP contribution in [0.5, 0.6) is 5.75 Å². The molecule has 0 unspecified atom stereocenters. The zero-order chi connectivity index (χ0) is 21.9. The molecule has 1 saturated heterocycles. The molecule has 0 atom stereocenters. The van der Waals surface area contributed by atoms with Crippen molar-refractivity contribution in [3.8, 4) is 5.75 Å². The van der Waals surface area contributed by atoms with E-state index in [4.69, 9.17) is 9.47 Å². The van der Waals surface area contributed by atoms with Crippen molar-refractivity contribution in [1.82, 2.24) is 15.1 Å². The van der Waals surface area contributed by atoms with Crippen LogP contribution < -0.4 is 10.1 Å². The molecule has 1 aliphatic carbocycles. The molecule has 2 aromatic carbocycles. The van der Waals surface area contributed by atoms with Crippen LogP contribution in [0.4, 0.5) is 4.79 Å². The van der Waals surface area contributed by atoms with Gasteiger partial charge in [0, 0.05) is 25.7 Å². The summed E-state index contributed by atoms with van der Waals surface area (Å²) in [6.45, 7) is 1.68. The lowest BCUT2D eigenvalue weighted by atomic mass is 9.69. The molecular weight excluding hydrogens is 390 g/mol. The maximum atomic E-state index is 12.7. The first-order chi connectivity index (χ1) is 15.0. The van der Waals surface area contributed by atoms with Gasteiger partial charge in [-0.1, -0.05) is 42.5 Å². The van der Waals surface area contributed by atoms with Gasteiger partial charge in [-0.05, 0) is 63.0 Å². The van der Waals surface area contributed by atoms with Gasteiger partial charge in [-0.15, -0.1) is 0 Å². The highest BCUT2D eigenvalue weighted by Gasteiger charge is 2.49. The van der Waals surface area contributed by atoms with Gasteiger partial charge in [0.1, 0.15) is 5.75 Å². The Balaban J connectivity index is 1.45. The molecule has 1 N–H and O–H groups in total. The fraction of sp³-hybridized carbons (Fsp3) is 0.480. The summed E-state index contributed by atoms with van der Waals surface area (Å²) >= 11 is 0. The third kappa shape index (κ3) is 4.41. The van der Waals surface area contributed by atoms with Crippen molar-refractivity contribution in [2.45, 2.75) is 43.3 Å². The number of benzene rings is 2. The highest BCUT2D eigenvalue weighted by molar-refractivity contribution is 5.78. The van der Waals surface area contributed by atoms with Gasteiger partial charge < -0.3 is 19.7 Å². The van der Waals surface area contributed by atoms with Crippen LogP contribution >= 0.6 is 0 Å². The Morgan fingerprint density at radius 3 is 2.29 bits per heavy atom. The minimum atomic E-state index is -0.132. The topological polar surface area (TPSA) is 54.0 Å². The van der Waals surface area contributed by atoms with E-state index < -0.39 is 0 Å². The lowest BCUT2D eigenvalue weighted by Gasteiger charge is -2.48. The highest BCUT2D eigenvalue weighted by Crippen LogP contribution is 2.46. The quantitative estimate of drug-likeness (QED) is 0.685. The number of carbonyl (C=O) groups excluding carboxylic acids is 1. The molecule has 0 radical (unpaired) electrons. The minimum Gasteiger partial charge on any atom is -0.468 e. The Labute approximate surface area is 185 Å². The zero-order valence-electron chi connectivity index (χ0n) is 18.8. The molecule has 1 spiro atoms. The summed E-state index contributed by atoms with van der Waals surface area (Å²) in [4.78, 5) is 17.0. The highest BCUT2D eigenvalue weighted by atomic mass is 16.7. The SMILES string of the molecule is COCOc1ccc([C@]2(N(C)C)CC[C@@]3(CC2)CN(Cc2ccccc2)C(=O)N3)cc1. The number of hydrogen-bond acceptors (Lipinski definition) is 4. The van der Waals surface area contributed by atoms with Crippen molar-refractivity contribution >= 4 is 6.03 Å². The standard InChI is InChI=1S/C25H33N3O3/c1-27(2)25(21-9-11-22(12-10-21)31-19-30-3)15-13-24(14-16-25)18-28(23(29)26-24)17-20-7-5-4-6-8-20/h4-12H,13-19H2,1-3H3,(H,26,29)/t24-,25+. The Morgan fingerprint density at radius 2 is 1.68 bits per heavy atom. The van der Waals surface area contributed by atoms with E-state index in [9.17, 15) is 4.79 Å². The van der Waals surface area contributed by atoms with E-state index in [-0.39, 0.29) is 23.9 Å². The molecule has 4 rings (SSSR count). The first-order valence-electron chi connectivity index (χ1n) is 11.0. The van der Waals surface area contributed by atoms with Crippen LogP contribution in [0.15, 0.2) is 54.6 Å². The number of nitrogens with zero attached hydrogens (tertiary/aromatic N) is 2. The number of methoxy groups -OCH3 is 1. The van der Waals surface area contributed by atoms with Crippen LogP contribution in [0.3, 0.4) is 0 Å². The smallest absolute Gasteiger partial charge is 0.318 e. The Kier molecular flexibility index (Phi) is 6.21. The normalized spacial score (nSPS) is 25.8. The van der Waals surface area contributed by atoms with Gasteiger partial charge in [0.05, 0.1) is 5.54 Å². The summed E-state index contributed by atoms with van der Waals surface area (Å²) in [6, 6.07) is 18.6. The molecule has 1 aliphatic heterocycles. The summed E-state index contributed by atoms with van der Waals surface area (Å²) in [5, 5.41) is 3.33. The summed E-state index contributed by atoms with van der Waals surface area (Å²) in [6.07, 6.45) is 3.92. The van der Waals surface area contributed by atoms with E-state index in [1.54, 1.807) is 7.11 Å². The number of hydrogen-bond donors (Lipinski definition) is 1. The van der Waals surface area contributed by atoms with E-state index >= 15 is 0 Å². The van der Waals surface area contributed by atoms with Gasteiger partial charge >= 0.3 is 6.03 Å². The van der Waals surface area contributed by atoms with Crippen molar-refractivity contribution in [3.63, 3.8) is 0 Å². The molecule has 0 aromatic heterocycles. The average molecular weight is 424 g/mol. The fourth-order valence-electron chi connectivity index (χ4n) is 5.12. The summed E-state index contributed by atoms with van der Waals surface area (Å²) in [5.41, 5.74) is 2.29. The molecular formula is C25H33N3O3. The van der Waals surface area contributed by atoms with Gasteiger partial charge in [0.25, 0.3) is 0 Å². The van der Waals surface area contributed by atoms with E-state index in [2.05, 4.69) is 48.6 Å². The van der Waals surface area contributed by atoms with Gasteiger partial charge in [0.2, 0.25) is 0 Å². The van der Waals surface area contributed by atoms with Crippen molar-refractivity contribution in [3.05, 3.63) is 65.7 Å². The van der Waals surface area contributed by atoms with Gasteiger partial charge in [-0.25, -0.2) is 4.79 Å². The Morgan fingerprint density at radius 1 is 1.00 bits per heavy atom. The third-order valence-corrected chi connectivity index (χ3v) is 6.99. The number of amides is 2. The largest absolute Gasteiger partial charge is 0.468 e. The second-order valence-electron chi connectivity index (χ2n) is 9.05. The molecule has 6 heteroatoms. The monoisotopic (exact) mass is 423 g/mol. The van der Waals surface area contributed by atoms with Crippen LogP contribution in [0.1, 0.15) is 36.8 Å². The summed E-state index contributed by atoms with van der Waals surface area (Å²) < 4.78 is 10.5. The maximum absolute atomic E-state index is 12.7. The number of carbonyl (C=O) groups is 1. The van der Waals surface area contributed by atoms with E-state index in [0.717, 1.165) is 38.0 Å². The molecule has 2 fully saturated rings. The molecule has 2 aliphatic rings. The molecule has 31 heavy (non-hydrogen) atoms. The number of nitrogens with one attached hydrogen (secondary N) is 1. The Hall–Kier alpha value is -2.57. The van der Waals surface area contributed by atoms with Crippen LogP contribution in [0, 0.1) is 0 Å². The zero-order valence-corrected chi connectivity index (χ0v) is 18.8. The molecule has 2 aromatic rings. The maximum Gasteiger partial charge on any atom is 0.318 e. The lowest BCUT2D eigenvalue weighted by Crippen LogP contribution is -2.54. The van der Waals surface area contributed by atoms with Crippen molar-refractivity contribution in [1.29, 1.82) is 0 Å². The number of urea groups is 1. The van der Waals surface area contributed by atoms with Crippen LogP contribution in [0.25, 0.3) is 0 Å². The van der Waals surface area contributed by atoms with Crippen LogP contribution in [-0.2, 0) is 16.8 Å². The van der Waals surface area contributed by atoms with Crippen molar-refractivity contribution in [2.75, 3.05) is 34.5 Å². The Bertz CT molecular complexity index is 875. The predicted molar refractivity (Wildman–Crippen MR) is 121 cm³/mol. The second-order valence-corrected chi connectivity index (χ2v) is 9.05. The molecule has 1 heterocycles. The average Bonchev–Trinajstić information content (AvgIpc) is 3.08. The third-order valence-electron chi connectivity index (χ3n) is 6.99. The van der Waals surface area contributed by atoms with E-state index in [0.29, 0.717) is 6.54 Å². The molecule has 0 bridgehead atoms. The fourth-order valence-corrected chi connectivity index (χ4v) is 5.12. The van der Waals surface area contributed by atoms with Crippen molar-refractivity contribution < 1.29 is 14.3 Å². The summed E-state index contributed by atoms with van der Waals surface area (Å²) in [5.74, 6) is 0.811. The molecule has 2 amide bonds. The van der Waals surface area contributed by atoms with Gasteiger partial charge in [-0.2, -0.15) is 0 Å². The van der Waals surface area contributed by atoms with E-state index in [1.807, 2.05) is 35.2 Å². The second kappa shape index (κ2) is 8.89. The first-order valence-corrected chi connectivity index (χ1v) is 11.0. The van der Waals surface area contributed by atoms with Gasteiger partial charge in [-0.3, -0.25) is 4.90 Å². The molecule has 166 valence electrons. The van der Waals surface area contributed by atoms with E-state index in [1.165, 1.54) is 11.1 Å². The summed E-state index contributed by atoms with van der Waals surface area (Å²) in [7, 11) is 5.93.